The van der Waals surface area contributed by atoms with Crippen LogP contribution in [0.2, 0.25) is 0 Å². The maximum absolute atomic E-state index is 9.68. The van der Waals surface area contributed by atoms with Gasteiger partial charge in [0.05, 0.1) is 16.8 Å². The number of allylic oxidation sites excluding steroid dienone is 3. The number of rotatable bonds is 4. The number of hydrogen-bond acceptors (Lipinski definition) is 5. The highest BCUT2D eigenvalue weighted by Crippen LogP contribution is 2.44. The molecule has 5 heteroatoms. The van der Waals surface area contributed by atoms with Gasteiger partial charge in [-0.3, -0.25) is 0 Å². The summed E-state index contributed by atoms with van der Waals surface area (Å²) in [5.74, 6) is 0.933. The van der Waals surface area contributed by atoms with Crippen molar-refractivity contribution < 1.29 is 4.74 Å². The van der Waals surface area contributed by atoms with Crippen LogP contribution in [0, 0.1) is 36.5 Å². The van der Waals surface area contributed by atoms with E-state index < -0.39 is 0 Å². The number of nitriles is 2. The number of nitrogens with zero attached hydrogens (tertiary/aromatic N) is 3. The molecule has 0 bridgehead atoms. The predicted molar refractivity (Wildman–Crippen MR) is 126 cm³/mol. The van der Waals surface area contributed by atoms with E-state index in [-0.39, 0.29) is 5.82 Å². The van der Waals surface area contributed by atoms with Crippen molar-refractivity contribution in [3.63, 3.8) is 0 Å². The van der Waals surface area contributed by atoms with Crippen LogP contribution in [0.4, 0.5) is 5.82 Å². The van der Waals surface area contributed by atoms with E-state index in [1.54, 1.807) is 0 Å². The van der Waals surface area contributed by atoms with Gasteiger partial charge in [0, 0.05) is 5.56 Å². The van der Waals surface area contributed by atoms with Gasteiger partial charge in [-0.1, -0.05) is 42.0 Å². The van der Waals surface area contributed by atoms with Gasteiger partial charge in [-0.25, -0.2) is 4.98 Å². The molecule has 0 radical (unpaired) electrons. The molecule has 0 atom stereocenters. The summed E-state index contributed by atoms with van der Waals surface area (Å²) >= 11 is 0. The van der Waals surface area contributed by atoms with E-state index >= 15 is 0 Å². The molecule has 1 aromatic heterocycles. The second kappa shape index (κ2) is 8.41. The largest absolute Gasteiger partial charge is 0.489 e. The summed E-state index contributed by atoms with van der Waals surface area (Å²) in [4.78, 5) is 4.37. The van der Waals surface area contributed by atoms with Crippen LogP contribution in [0.1, 0.15) is 46.0 Å². The number of ether oxygens (including phenoxy) is 1. The number of fused-ring (bicyclic) bond motifs is 1. The molecule has 4 rings (SSSR count). The molecular weight excluding hydrogens is 396 g/mol. The van der Waals surface area contributed by atoms with E-state index in [4.69, 9.17) is 10.5 Å². The van der Waals surface area contributed by atoms with Crippen molar-refractivity contribution in [2.75, 3.05) is 5.73 Å². The number of aromatic nitrogens is 1. The normalized spacial score (nSPS) is 13.6. The summed E-state index contributed by atoms with van der Waals surface area (Å²) in [6, 6.07) is 20.4. The van der Waals surface area contributed by atoms with Crippen LogP contribution in [0.25, 0.3) is 17.2 Å². The highest BCUT2D eigenvalue weighted by Gasteiger charge is 2.29. The first kappa shape index (κ1) is 20.9. The molecule has 0 unspecified atom stereocenters. The zero-order valence-electron chi connectivity index (χ0n) is 18.2. The van der Waals surface area contributed by atoms with Gasteiger partial charge >= 0.3 is 0 Å². The van der Waals surface area contributed by atoms with Crippen LogP contribution in [-0.2, 0) is 6.61 Å². The quantitative estimate of drug-likeness (QED) is 0.596. The Morgan fingerprint density at radius 3 is 2.28 bits per heavy atom. The first-order chi connectivity index (χ1) is 15.4. The molecule has 0 saturated carbocycles. The van der Waals surface area contributed by atoms with Gasteiger partial charge in [-0.05, 0) is 66.8 Å². The maximum atomic E-state index is 9.68. The fraction of sp³-hybridized carbons (Fsp3) is 0.148. The van der Waals surface area contributed by atoms with E-state index in [2.05, 4.69) is 48.3 Å². The van der Waals surface area contributed by atoms with Crippen molar-refractivity contribution >= 4 is 23.0 Å². The molecule has 0 saturated heterocycles. The molecule has 1 heterocycles. The topological polar surface area (TPSA) is 95.7 Å². The van der Waals surface area contributed by atoms with Gasteiger partial charge in [0.15, 0.2) is 0 Å². The van der Waals surface area contributed by atoms with Crippen molar-refractivity contribution in [1.82, 2.24) is 4.98 Å². The second-order valence-corrected chi connectivity index (χ2v) is 7.85. The molecule has 0 aliphatic heterocycles. The number of hydrogen-bond donors (Lipinski definition) is 1. The lowest BCUT2D eigenvalue weighted by Gasteiger charge is -2.11. The molecule has 0 spiro atoms. The van der Waals surface area contributed by atoms with Gasteiger partial charge in [-0.15, -0.1) is 0 Å². The first-order valence-corrected chi connectivity index (χ1v) is 10.2. The first-order valence-electron chi connectivity index (χ1n) is 10.2. The highest BCUT2D eigenvalue weighted by atomic mass is 16.5. The molecule has 1 aliphatic carbocycles. The average molecular weight is 419 g/mol. The fourth-order valence-corrected chi connectivity index (χ4v) is 3.87. The number of pyridine rings is 1. The highest BCUT2D eigenvalue weighted by molar-refractivity contribution is 6.08. The molecule has 5 nitrogen and oxygen atoms in total. The van der Waals surface area contributed by atoms with Crippen molar-refractivity contribution in [2.24, 2.45) is 0 Å². The number of benzene rings is 2. The summed E-state index contributed by atoms with van der Waals surface area (Å²) in [5, 5.41) is 19.2. The average Bonchev–Trinajstić information content (AvgIpc) is 3.05. The third-order valence-electron chi connectivity index (χ3n) is 5.70. The Balaban J connectivity index is 1.64. The van der Waals surface area contributed by atoms with E-state index in [1.165, 1.54) is 5.56 Å². The minimum atomic E-state index is 0.153. The predicted octanol–water partition coefficient (Wildman–Crippen LogP) is 5.58. The summed E-state index contributed by atoms with van der Waals surface area (Å²) < 4.78 is 5.90. The molecule has 1 aliphatic rings. The summed E-state index contributed by atoms with van der Waals surface area (Å²) in [6.45, 7) is 6.31. The van der Waals surface area contributed by atoms with Crippen LogP contribution in [-0.4, -0.2) is 4.98 Å². The molecular formula is C27H22N4O. The molecule has 0 amide bonds. The molecule has 32 heavy (non-hydrogen) atoms. The molecule has 2 N–H and O–H groups in total. The van der Waals surface area contributed by atoms with E-state index in [1.807, 2.05) is 44.2 Å². The monoisotopic (exact) mass is 418 g/mol. The molecule has 3 aromatic rings. The van der Waals surface area contributed by atoms with E-state index in [0.717, 1.165) is 39.1 Å². The van der Waals surface area contributed by atoms with Gasteiger partial charge in [0.2, 0.25) is 0 Å². The fourth-order valence-electron chi connectivity index (χ4n) is 3.87. The SMILES string of the molecule is CC1=C(C#N)c2nc(N)c(C#N)c(C)c2C1=Cc1ccc(OCc2ccc(C)cc2)cc1. The van der Waals surface area contributed by atoms with Gasteiger partial charge in [0.25, 0.3) is 0 Å². The Hall–Kier alpha value is -4.35. The second-order valence-electron chi connectivity index (χ2n) is 7.85. The zero-order valence-corrected chi connectivity index (χ0v) is 18.2. The third-order valence-corrected chi connectivity index (χ3v) is 5.70. The third kappa shape index (κ3) is 3.73. The van der Waals surface area contributed by atoms with E-state index in [0.29, 0.717) is 23.4 Å². The van der Waals surface area contributed by atoms with Crippen LogP contribution >= 0.6 is 0 Å². The summed E-state index contributed by atoms with van der Waals surface area (Å²) in [6.07, 6.45) is 2.01. The van der Waals surface area contributed by atoms with Gasteiger partial charge in [-0.2, -0.15) is 10.5 Å². The van der Waals surface area contributed by atoms with Crippen molar-refractivity contribution in [3.8, 4) is 17.9 Å². The van der Waals surface area contributed by atoms with Crippen molar-refractivity contribution in [3.05, 3.63) is 93.2 Å². The van der Waals surface area contributed by atoms with Crippen LogP contribution in [0.5, 0.6) is 5.75 Å². The molecule has 156 valence electrons. The standard InChI is InChI=1S/C27H22N4O/c1-16-4-6-20(7-5-16)15-32-21-10-8-19(9-11-21)12-22-17(2)23(13-28)26-25(22)18(3)24(14-29)27(30)31-26/h4-12H,15H2,1-3H3,(H2,30,31). The van der Waals surface area contributed by atoms with Crippen LogP contribution in [0.15, 0.2) is 54.1 Å². The Kier molecular flexibility index (Phi) is 5.50. The maximum Gasteiger partial charge on any atom is 0.142 e. The number of nitrogen functional groups attached to an aromatic ring is 1. The lowest BCUT2D eigenvalue weighted by molar-refractivity contribution is 0.306. The van der Waals surface area contributed by atoms with Crippen molar-refractivity contribution in [2.45, 2.75) is 27.4 Å². The lowest BCUT2D eigenvalue weighted by Crippen LogP contribution is -2.03. The minimum absolute atomic E-state index is 0.153. The van der Waals surface area contributed by atoms with E-state index in [9.17, 15) is 10.5 Å². The Morgan fingerprint density at radius 1 is 0.969 bits per heavy atom. The van der Waals surface area contributed by atoms with Gasteiger partial charge < -0.3 is 10.5 Å². The van der Waals surface area contributed by atoms with Crippen molar-refractivity contribution in [1.29, 1.82) is 10.5 Å². The Morgan fingerprint density at radius 2 is 1.66 bits per heavy atom. The summed E-state index contributed by atoms with van der Waals surface area (Å²) in [7, 11) is 0. The molecule has 0 fully saturated rings. The smallest absolute Gasteiger partial charge is 0.142 e. The van der Waals surface area contributed by atoms with Crippen LogP contribution in [0.3, 0.4) is 0 Å². The van der Waals surface area contributed by atoms with Crippen LogP contribution < -0.4 is 10.5 Å². The number of anilines is 1. The summed E-state index contributed by atoms with van der Waals surface area (Å²) in [5.41, 5.74) is 13.9. The minimum Gasteiger partial charge on any atom is -0.489 e. The molecule has 2 aromatic carbocycles. The van der Waals surface area contributed by atoms with Gasteiger partial charge in [0.1, 0.15) is 30.3 Å². The Labute approximate surface area is 187 Å². The lowest BCUT2D eigenvalue weighted by atomic mass is 9.95. The number of aryl methyl sites for hydroxylation is 1. The zero-order chi connectivity index (χ0) is 22.8. The Bertz CT molecular complexity index is 1350. The number of nitrogens with two attached hydrogens (primary N) is 1.